The minimum Gasteiger partial charge on any atom is -0.413 e. The molecule has 0 N–H and O–H groups in total. The van der Waals surface area contributed by atoms with Gasteiger partial charge in [0, 0.05) is 5.56 Å². The lowest BCUT2D eigenvalue weighted by Crippen LogP contribution is -2.41. The zero-order valence-electron chi connectivity index (χ0n) is 17.1. The second-order valence-corrected chi connectivity index (χ2v) is 13.3. The summed E-state index contributed by atoms with van der Waals surface area (Å²) in [6, 6.07) is 9.43. The molecule has 1 aromatic carbocycles. The Balaban J connectivity index is 2.71. The Morgan fingerprint density at radius 2 is 1.68 bits per heavy atom. The van der Waals surface area contributed by atoms with Gasteiger partial charge in [0.2, 0.25) is 0 Å². The van der Waals surface area contributed by atoms with Crippen molar-refractivity contribution in [1.29, 1.82) is 0 Å². The first kappa shape index (κ1) is 21.6. The van der Waals surface area contributed by atoms with E-state index >= 15 is 0 Å². The average molecular weight is 359 g/mol. The molecule has 0 aliphatic carbocycles. The van der Waals surface area contributed by atoms with E-state index in [1.807, 2.05) is 43.3 Å². The predicted molar refractivity (Wildman–Crippen MR) is 111 cm³/mol. The molecule has 1 atom stereocenters. The molecule has 3 heteroatoms. The van der Waals surface area contributed by atoms with Gasteiger partial charge in [-0.25, -0.2) is 0 Å². The standard InChI is InChI=1S/C22H34O2Si/c1-17(14-18(2)16-24-25(7,8)22(4,5)6)15-19(3)21(23)20-12-10-9-11-13-20/h9-15,17H,16H2,1-8H3/b18-14+,19-15+. The molecule has 0 radical (unpaired) electrons. The number of carbonyl (C=O) groups excluding carboxylic acids is 1. The zero-order valence-corrected chi connectivity index (χ0v) is 18.1. The number of hydrogen-bond donors (Lipinski definition) is 0. The number of benzene rings is 1. The first-order valence-electron chi connectivity index (χ1n) is 9.03. The van der Waals surface area contributed by atoms with E-state index in [9.17, 15) is 4.79 Å². The largest absolute Gasteiger partial charge is 0.413 e. The average Bonchev–Trinajstić information content (AvgIpc) is 2.51. The molecule has 0 spiro atoms. The molecule has 1 aromatic rings. The van der Waals surface area contributed by atoms with Gasteiger partial charge in [0.25, 0.3) is 0 Å². The summed E-state index contributed by atoms with van der Waals surface area (Å²) in [4.78, 5) is 12.4. The van der Waals surface area contributed by atoms with Gasteiger partial charge < -0.3 is 4.43 Å². The molecule has 0 aromatic heterocycles. The highest BCUT2D eigenvalue weighted by Crippen LogP contribution is 2.36. The van der Waals surface area contributed by atoms with E-state index in [1.165, 1.54) is 5.57 Å². The fourth-order valence-electron chi connectivity index (χ4n) is 2.34. The van der Waals surface area contributed by atoms with Crippen LogP contribution in [0.3, 0.4) is 0 Å². The highest BCUT2D eigenvalue weighted by atomic mass is 28.4. The van der Waals surface area contributed by atoms with Crippen LogP contribution in [0, 0.1) is 5.92 Å². The molecule has 0 heterocycles. The number of Topliss-reactive ketones (excluding diaryl/α,β-unsaturated/α-hetero) is 1. The van der Waals surface area contributed by atoms with Crippen LogP contribution in [0.2, 0.25) is 18.1 Å². The maximum Gasteiger partial charge on any atom is 0.192 e. The molecular formula is C22H34O2Si. The SMILES string of the molecule is C/C(=C\C(C)/C=C(\C)C(=O)c1ccccc1)CO[Si](C)(C)C(C)(C)C. The molecule has 25 heavy (non-hydrogen) atoms. The molecule has 0 fully saturated rings. The lowest BCUT2D eigenvalue weighted by Gasteiger charge is -2.36. The summed E-state index contributed by atoms with van der Waals surface area (Å²) in [5, 5.41) is 0.220. The third-order valence-electron chi connectivity index (χ3n) is 4.92. The third kappa shape index (κ3) is 6.75. The van der Waals surface area contributed by atoms with Gasteiger partial charge in [-0.05, 0) is 43.5 Å². The van der Waals surface area contributed by atoms with Crippen molar-refractivity contribution in [2.45, 2.75) is 59.7 Å². The van der Waals surface area contributed by atoms with Crippen LogP contribution in [0.15, 0.2) is 53.6 Å². The minimum atomic E-state index is -1.72. The molecule has 2 nitrogen and oxygen atoms in total. The lowest BCUT2D eigenvalue weighted by atomic mass is 9.99. The molecule has 1 unspecified atom stereocenters. The highest BCUT2D eigenvalue weighted by molar-refractivity contribution is 6.74. The van der Waals surface area contributed by atoms with Crippen LogP contribution < -0.4 is 0 Å². The van der Waals surface area contributed by atoms with Crippen molar-refractivity contribution < 1.29 is 9.22 Å². The van der Waals surface area contributed by atoms with Crippen molar-refractivity contribution >= 4 is 14.1 Å². The van der Waals surface area contributed by atoms with Crippen molar-refractivity contribution in [2.24, 2.45) is 5.92 Å². The third-order valence-corrected chi connectivity index (χ3v) is 9.40. The smallest absolute Gasteiger partial charge is 0.192 e. The van der Waals surface area contributed by atoms with Crippen LogP contribution in [-0.4, -0.2) is 20.7 Å². The van der Waals surface area contributed by atoms with Crippen molar-refractivity contribution in [1.82, 2.24) is 0 Å². The van der Waals surface area contributed by atoms with Crippen molar-refractivity contribution in [3.8, 4) is 0 Å². The van der Waals surface area contributed by atoms with Gasteiger partial charge in [0.15, 0.2) is 14.1 Å². The number of rotatable bonds is 7. The molecule has 0 amide bonds. The fraction of sp³-hybridized carbons (Fsp3) is 0.500. The number of ketones is 1. The van der Waals surface area contributed by atoms with E-state index in [0.29, 0.717) is 6.61 Å². The fourth-order valence-corrected chi connectivity index (χ4v) is 3.36. The Morgan fingerprint density at radius 1 is 1.12 bits per heavy atom. The van der Waals surface area contributed by atoms with Crippen molar-refractivity contribution in [3.63, 3.8) is 0 Å². The van der Waals surface area contributed by atoms with E-state index in [4.69, 9.17) is 4.43 Å². The van der Waals surface area contributed by atoms with E-state index in [-0.39, 0.29) is 16.7 Å². The van der Waals surface area contributed by atoms with Crippen LogP contribution in [0.5, 0.6) is 0 Å². The number of hydrogen-bond acceptors (Lipinski definition) is 2. The van der Waals surface area contributed by atoms with Gasteiger partial charge in [0.1, 0.15) is 0 Å². The van der Waals surface area contributed by atoms with E-state index in [0.717, 1.165) is 11.1 Å². The van der Waals surface area contributed by atoms with Crippen LogP contribution >= 0.6 is 0 Å². The zero-order chi connectivity index (χ0) is 19.3. The summed E-state index contributed by atoms with van der Waals surface area (Å²) in [6.45, 7) is 18.1. The molecule has 0 aliphatic heterocycles. The molecule has 0 saturated carbocycles. The Kier molecular flexibility index (Phi) is 7.57. The van der Waals surface area contributed by atoms with Crippen LogP contribution in [-0.2, 0) is 4.43 Å². The minimum absolute atomic E-state index is 0.0935. The second kappa shape index (κ2) is 8.77. The number of allylic oxidation sites excluding steroid dienone is 3. The van der Waals surface area contributed by atoms with Gasteiger partial charge in [-0.1, -0.05) is 75.8 Å². The Morgan fingerprint density at radius 3 is 2.20 bits per heavy atom. The summed E-state index contributed by atoms with van der Waals surface area (Å²) in [5.41, 5.74) is 2.74. The molecule has 1 rings (SSSR count). The quantitative estimate of drug-likeness (QED) is 0.243. The highest BCUT2D eigenvalue weighted by Gasteiger charge is 2.36. The van der Waals surface area contributed by atoms with Gasteiger partial charge in [-0.2, -0.15) is 0 Å². The predicted octanol–water partition coefficient (Wildman–Crippen LogP) is 6.42. The summed E-state index contributed by atoms with van der Waals surface area (Å²) in [7, 11) is -1.72. The molecular weight excluding hydrogens is 324 g/mol. The van der Waals surface area contributed by atoms with Crippen LogP contribution in [0.4, 0.5) is 0 Å². The Hall–Kier alpha value is -1.45. The van der Waals surface area contributed by atoms with Gasteiger partial charge in [-0.15, -0.1) is 0 Å². The van der Waals surface area contributed by atoms with Gasteiger partial charge in [-0.3, -0.25) is 4.79 Å². The van der Waals surface area contributed by atoms with E-state index < -0.39 is 8.32 Å². The summed E-state index contributed by atoms with van der Waals surface area (Å²) in [5.74, 6) is 0.298. The monoisotopic (exact) mass is 358 g/mol. The molecule has 0 saturated heterocycles. The number of carbonyl (C=O) groups is 1. The van der Waals surface area contributed by atoms with Crippen molar-refractivity contribution in [2.75, 3.05) is 6.61 Å². The van der Waals surface area contributed by atoms with Crippen LogP contribution in [0.25, 0.3) is 0 Å². The Bertz CT molecular complexity index is 634. The van der Waals surface area contributed by atoms with E-state index in [2.05, 4.69) is 53.8 Å². The van der Waals surface area contributed by atoms with Crippen LogP contribution in [0.1, 0.15) is 51.9 Å². The van der Waals surface area contributed by atoms with Crippen molar-refractivity contribution in [3.05, 3.63) is 59.2 Å². The topological polar surface area (TPSA) is 26.3 Å². The van der Waals surface area contributed by atoms with Gasteiger partial charge >= 0.3 is 0 Å². The van der Waals surface area contributed by atoms with E-state index in [1.54, 1.807) is 0 Å². The maximum atomic E-state index is 12.4. The maximum absolute atomic E-state index is 12.4. The summed E-state index contributed by atoms with van der Waals surface area (Å²) >= 11 is 0. The summed E-state index contributed by atoms with van der Waals surface area (Å²) < 4.78 is 6.26. The normalized spacial score (nSPS) is 15.2. The lowest BCUT2D eigenvalue weighted by molar-refractivity contribution is 0.103. The second-order valence-electron chi connectivity index (χ2n) is 8.47. The Labute approximate surface area is 155 Å². The summed E-state index contributed by atoms with van der Waals surface area (Å²) in [6.07, 6.45) is 4.22. The molecule has 138 valence electrons. The molecule has 0 bridgehead atoms. The molecule has 0 aliphatic rings. The first-order valence-corrected chi connectivity index (χ1v) is 11.9. The first-order chi connectivity index (χ1) is 11.4. The van der Waals surface area contributed by atoms with Gasteiger partial charge in [0.05, 0.1) is 6.61 Å².